The summed E-state index contributed by atoms with van der Waals surface area (Å²) in [5, 5.41) is 0. The minimum Gasteiger partial charge on any atom is -0.369 e. The van der Waals surface area contributed by atoms with Crippen molar-refractivity contribution in [1.82, 2.24) is 19.4 Å². The first-order chi connectivity index (χ1) is 13.7. The number of carbonyl (C=O) groups is 1. The Morgan fingerprint density at radius 1 is 1.21 bits per heavy atom. The molecule has 1 aliphatic rings. The molecule has 0 spiro atoms. The SMILES string of the molecule is CC1CCC(C(N)=O)CN1c1ccnc(-c2cnc3ccc(C(F)(F)F)cn23)n1. The number of piperidine rings is 1. The van der Waals surface area contributed by atoms with E-state index in [1.54, 1.807) is 12.3 Å². The van der Waals surface area contributed by atoms with Crippen LogP contribution in [0.5, 0.6) is 0 Å². The maximum absolute atomic E-state index is 13.1. The van der Waals surface area contributed by atoms with E-state index in [9.17, 15) is 18.0 Å². The lowest BCUT2D eigenvalue weighted by molar-refractivity contribution is -0.137. The van der Waals surface area contributed by atoms with Crippen molar-refractivity contribution >= 4 is 17.4 Å². The number of primary amides is 1. The topological polar surface area (TPSA) is 89.4 Å². The summed E-state index contributed by atoms with van der Waals surface area (Å²) < 4.78 is 40.6. The third kappa shape index (κ3) is 3.62. The molecule has 0 aliphatic carbocycles. The van der Waals surface area contributed by atoms with Crippen LogP contribution < -0.4 is 10.6 Å². The molecule has 0 aromatic carbocycles. The van der Waals surface area contributed by atoms with E-state index in [2.05, 4.69) is 15.0 Å². The van der Waals surface area contributed by atoms with Crippen molar-refractivity contribution in [1.29, 1.82) is 0 Å². The van der Waals surface area contributed by atoms with Gasteiger partial charge in [0.25, 0.3) is 0 Å². The molecule has 2 atom stereocenters. The standard InChI is InChI=1S/C19H19F3N6O/c1-11-2-3-12(17(23)29)9-27(11)16-6-7-24-18(26-16)14-8-25-15-5-4-13(10-28(14)15)19(20,21)22/h4-8,10-12H,2-3,9H2,1H3,(H2,23,29). The smallest absolute Gasteiger partial charge is 0.369 e. The van der Waals surface area contributed by atoms with Crippen LogP contribution in [-0.4, -0.2) is 37.8 Å². The predicted octanol–water partition coefficient (Wildman–Crippen LogP) is 2.90. The number of rotatable bonds is 3. The molecule has 0 radical (unpaired) electrons. The Bertz CT molecular complexity index is 1060. The molecule has 4 heterocycles. The minimum absolute atomic E-state index is 0.146. The zero-order valence-electron chi connectivity index (χ0n) is 15.6. The molecule has 2 N–H and O–H groups in total. The van der Waals surface area contributed by atoms with Crippen molar-refractivity contribution in [3.63, 3.8) is 0 Å². The van der Waals surface area contributed by atoms with E-state index < -0.39 is 11.7 Å². The van der Waals surface area contributed by atoms with Gasteiger partial charge in [-0.2, -0.15) is 13.2 Å². The van der Waals surface area contributed by atoms with Crippen LogP contribution in [0.1, 0.15) is 25.3 Å². The highest BCUT2D eigenvalue weighted by Crippen LogP contribution is 2.31. The molecule has 1 saturated heterocycles. The molecule has 1 amide bonds. The number of amides is 1. The van der Waals surface area contributed by atoms with E-state index in [1.807, 2.05) is 11.8 Å². The highest BCUT2D eigenvalue weighted by atomic mass is 19.4. The molecule has 4 rings (SSSR count). The van der Waals surface area contributed by atoms with Crippen LogP contribution in [0.3, 0.4) is 0 Å². The number of hydrogen-bond acceptors (Lipinski definition) is 5. The molecule has 1 fully saturated rings. The predicted molar refractivity (Wildman–Crippen MR) is 99.9 cm³/mol. The Morgan fingerprint density at radius 2 is 2.00 bits per heavy atom. The number of aromatic nitrogens is 4. The van der Waals surface area contributed by atoms with E-state index >= 15 is 0 Å². The van der Waals surface area contributed by atoms with Gasteiger partial charge in [0.2, 0.25) is 5.91 Å². The summed E-state index contributed by atoms with van der Waals surface area (Å²) in [4.78, 5) is 26.5. The fourth-order valence-corrected chi connectivity index (χ4v) is 3.60. The molecule has 0 saturated carbocycles. The third-order valence-electron chi connectivity index (χ3n) is 5.28. The lowest BCUT2D eigenvalue weighted by atomic mass is 9.93. The summed E-state index contributed by atoms with van der Waals surface area (Å²) in [5.74, 6) is 0.227. The van der Waals surface area contributed by atoms with Gasteiger partial charge < -0.3 is 10.6 Å². The molecule has 7 nitrogen and oxygen atoms in total. The Hall–Kier alpha value is -3.17. The van der Waals surface area contributed by atoms with Crippen molar-refractivity contribution in [3.8, 4) is 11.5 Å². The van der Waals surface area contributed by atoms with Crippen LogP contribution in [0, 0.1) is 5.92 Å². The van der Waals surface area contributed by atoms with Gasteiger partial charge in [0.15, 0.2) is 5.82 Å². The van der Waals surface area contributed by atoms with Gasteiger partial charge in [-0.15, -0.1) is 0 Å². The van der Waals surface area contributed by atoms with Crippen LogP contribution in [0.2, 0.25) is 0 Å². The summed E-state index contributed by atoms with van der Waals surface area (Å²) in [5.41, 5.74) is 5.40. The summed E-state index contributed by atoms with van der Waals surface area (Å²) >= 11 is 0. The second-order valence-electron chi connectivity index (χ2n) is 7.20. The third-order valence-corrected chi connectivity index (χ3v) is 5.28. The average molecular weight is 404 g/mol. The van der Waals surface area contributed by atoms with Gasteiger partial charge in [-0.3, -0.25) is 9.20 Å². The maximum atomic E-state index is 13.1. The number of fused-ring (bicyclic) bond motifs is 1. The summed E-state index contributed by atoms with van der Waals surface area (Å²) in [6.07, 6.45) is 1.02. The zero-order chi connectivity index (χ0) is 20.8. The maximum Gasteiger partial charge on any atom is 0.417 e. The quantitative estimate of drug-likeness (QED) is 0.725. The molecule has 10 heteroatoms. The summed E-state index contributed by atoms with van der Waals surface area (Å²) in [6, 6.07) is 4.16. The number of nitrogens with two attached hydrogens (primary N) is 1. The highest BCUT2D eigenvalue weighted by Gasteiger charge is 2.32. The Kier molecular flexibility index (Phi) is 4.64. The second-order valence-corrected chi connectivity index (χ2v) is 7.20. The van der Waals surface area contributed by atoms with Gasteiger partial charge in [0.05, 0.1) is 17.7 Å². The summed E-state index contributed by atoms with van der Waals surface area (Å²) in [7, 11) is 0. The second kappa shape index (κ2) is 7.02. The molecular formula is C19H19F3N6O. The first-order valence-electron chi connectivity index (χ1n) is 9.17. The Labute approximate surface area is 164 Å². The molecule has 152 valence electrons. The first-order valence-corrected chi connectivity index (χ1v) is 9.17. The fourth-order valence-electron chi connectivity index (χ4n) is 3.60. The first kappa shape index (κ1) is 19.2. The molecule has 29 heavy (non-hydrogen) atoms. The average Bonchev–Trinajstić information content (AvgIpc) is 3.11. The monoisotopic (exact) mass is 404 g/mol. The lowest BCUT2D eigenvalue weighted by Gasteiger charge is -2.37. The van der Waals surface area contributed by atoms with Crippen molar-refractivity contribution in [2.24, 2.45) is 11.7 Å². The highest BCUT2D eigenvalue weighted by molar-refractivity contribution is 5.77. The van der Waals surface area contributed by atoms with Crippen LogP contribution in [0.15, 0.2) is 36.8 Å². The van der Waals surface area contributed by atoms with Crippen LogP contribution in [0.25, 0.3) is 17.2 Å². The van der Waals surface area contributed by atoms with Crippen molar-refractivity contribution in [3.05, 3.63) is 42.4 Å². The lowest BCUT2D eigenvalue weighted by Crippen LogP contribution is -2.46. The zero-order valence-corrected chi connectivity index (χ0v) is 15.6. The van der Waals surface area contributed by atoms with Gasteiger partial charge in [0, 0.05) is 25.0 Å². The van der Waals surface area contributed by atoms with Crippen molar-refractivity contribution < 1.29 is 18.0 Å². The van der Waals surface area contributed by atoms with Gasteiger partial charge in [-0.05, 0) is 38.0 Å². The number of carbonyl (C=O) groups excluding carboxylic acids is 1. The largest absolute Gasteiger partial charge is 0.417 e. The Balaban J connectivity index is 1.73. The molecule has 3 aromatic rings. The minimum atomic E-state index is -4.47. The normalized spacial score (nSPS) is 20.2. The van der Waals surface area contributed by atoms with Crippen LogP contribution >= 0.6 is 0 Å². The van der Waals surface area contributed by atoms with Gasteiger partial charge in [-0.25, -0.2) is 15.0 Å². The molecular weight excluding hydrogens is 385 g/mol. The number of anilines is 1. The van der Waals surface area contributed by atoms with Crippen LogP contribution in [0.4, 0.5) is 19.0 Å². The van der Waals surface area contributed by atoms with Crippen molar-refractivity contribution in [2.75, 3.05) is 11.4 Å². The van der Waals surface area contributed by atoms with E-state index in [0.29, 0.717) is 23.7 Å². The number of imidazole rings is 1. The van der Waals surface area contributed by atoms with Gasteiger partial charge in [0.1, 0.15) is 17.2 Å². The fraction of sp³-hybridized carbons (Fsp3) is 0.368. The Morgan fingerprint density at radius 3 is 2.72 bits per heavy atom. The summed E-state index contributed by atoms with van der Waals surface area (Å²) in [6.45, 7) is 2.47. The van der Waals surface area contributed by atoms with Gasteiger partial charge in [-0.1, -0.05) is 0 Å². The van der Waals surface area contributed by atoms with E-state index in [1.165, 1.54) is 16.7 Å². The number of alkyl halides is 3. The number of pyridine rings is 1. The van der Waals surface area contributed by atoms with E-state index in [4.69, 9.17) is 5.73 Å². The van der Waals surface area contributed by atoms with Crippen LogP contribution in [-0.2, 0) is 11.0 Å². The number of halogens is 3. The molecule has 3 aromatic heterocycles. The molecule has 2 unspecified atom stereocenters. The number of nitrogens with zero attached hydrogens (tertiary/aromatic N) is 5. The molecule has 1 aliphatic heterocycles. The van der Waals surface area contributed by atoms with E-state index in [0.717, 1.165) is 25.1 Å². The van der Waals surface area contributed by atoms with Crippen molar-refractivity contribution in [2.45, 2.75) is 32.0 Å². The number of hydrogen-bond donors (Lipinski definition) is 1. The van der Waals surface area contributed by atoms with E-state index in [-0.39, 0.29) is 23.7 Å². The molecule has 0 bridgehead atoms. The van der Waals surface area contributed by atoms with Gasteiger partial charge >= 0.3 is 6.18 Å².